The van der Waals surface area contributed by atoms with Crippen LogP contribution < -0.4 is 10.5 Å². The number of aryl methyl sites for hydroxylation is 1. The van der Waals surface area contributed by atoms with Crippen LogP contribution in [-0.2, 0) is 11.8 Å². The van der Waals surface area contributed by atoms with Crippen molar-refractivity contribution < 1.29 is 4.79 Å². The molecule has 2 aliphatic rings. The largest absolute Gasteiger partial charge is 0.368 e. The number of hydrogen-bond donors (Lipinski definition) is 0. The summed E-state index contributed by atoms with van der Waals surface area (Å²) in [5, 5.41) is 1.03. The molecule has 6 nitrogen and oxygen atoms in total. The van der Waals surface area contributed by atoms with Crippen LogP contribution in [0.25, 0.3) is 17.0 Å². The number of amides is 1. The van der Waals surface area contributed by atoms with E-state index in [1.807, 2.05) is 18.2 Å². The number of benzene rings is 1. The molecule has 1 amide bonds. The van der Waals surface area contributed by atoms with Crippen LogP contribution >= 0.6 is 24.0 Å². The Balaban J connectivity index is 1.92. The third kappa shape index (κ3) is 3.49. The Morgan fingerprint density at radius 3 is 2.41 bits per heavy atom. The van der Waals surface area contributed by atoms with Gasteiger partial charge in [-0.3, -0.25) is 14.5 Å². The number of piperazine rings is 1. The predicted octanol–water partition coefficient (Wildman–Crippen LogP) is 2.51. The van der Waals surface area contributed by atoms with Crippen molar-refractivity contribution in [2.24, 2.45) is 7.05 Å². The van der Waals surface area contributed by atoms with Crippen molar-refractivity contribution in [2.75, 3.05) is 44.7 Å². The van der Waals surface area contributed by atoms with Gasteiger partial charge in [0.1, 0.15) is 4.32 Å². The van der Waals surface area contributed by atoms with Gasteiger partial charge in [0.25, 0.3) is 11.5 Å². The highest BCUT2D eigenvalue weighted by Gasteiger charge is 2.30. The number of para-hydroxylation sites is 1. The molecule has 1 aromatic heterocycles. The first-order chi connectivity index (χ1) is 13.9. The summed E-state index contributed by atoms with van der Waals surface area (Å²) in [5.74, 6) is -0.156. The lowest BCUT2D eigenvalue weighted by Crippen LogP contribution is -2.47. The van der Waals surface area contributed by atoms with Crippen molar-refractivity contribution in [3.05, 3.63) is 45.1 Å². The van der Waals surface area contributed by atoms with Gasteiger partial charge in [-0.05, 0) is 18.7 Å². The second-order valence-electron chi connectivity index (χ2n) is 7.31. The fourth-order valence-corrected chi connectivity index (χ4v) is 5.10. The van der Waals surface area contributed by atoms with Gasteiger partial charge in [0.15, 0.2) is 0 Å². The van der Waals surface area contributed by atoms with Gasteiger partial charge >= 0.3 is 0 Å². The topological polar surface area (TPSA) is 48.8 Å². The second kappa shape index (κ2) is 7.93. The summed E-state index contributed by atoms with van der Waals surface area (Å²) in [6.07, 6.45) is 1.74. The lowest BCUT2D eigenvalue weighted by Gasteiger charge is -2.37. The number of thioether (sulfide) groups is 1. The van der Waals surface area contributed by atoms with Crippen LogP contribution in [0.15, 0.2) is 34.0 Å². The second-order valence-corrected chi connectivity index (χ2v) is 8.98. The number of anilines is 1. The summed E-state index contributed by atoms with van der Waals surface area (Å²) in [5.41, 5.74) is 2.27. The minimum atomic E-state index is -0.156. The average molecular weight is 429 g/mol. The maximum Gasteiger partial charge on any atom is 0.265 e. The van der Waals surface area contributed by atoms with Gasteiger partial charge in [0.05, 0.1) is 21.7 Å². The molecule has 2 aromatic rings. The van der Waals surface area contributed by atoms with Gasteiger partial charge in [-0.15, -0.1) is 0 Å². The van der Waals surface area contributed by atoms with Crippen LogP contribution in [0.2, 0.25) is 0 Å². The summed E-state index contributed by atoms with van der Waals surface area (Å²) in [6.45, 7) is 6.80. The molecular weight excluding hydrogens is 404 g/mol. The zero-order chi connectivity index (χ0) is 20.7. The molecule has 2 fully saturated rings. The van der Waals surface area contributed by atoms with Crippen molar-refractivity contribution in [1.82, 2.24) is 14.4 Å². The van der Waals surface area contributed by atoms with Crippen LogP contribution in [0.4, 0.5) is 5.69 Å². The van der Waals surface area contributed by atoms with Crippen LogP contribution in [0, 0.1) is 0 Å². The van der Waals surface area contributed by atoms with E-state index in [-0.39, 0.29) is 11.5 Å². The van der Waals surface area contributed by atoms with Crippen LogP contribution in [0.1, 0.15) is 12.5 Å². The van der Waals surface area contributed by atoms with E-state index in [0.29, 0.717) is 14.8 Å². The average Bonchev–Trinajstić information content (AvgIpc) is 2.99. The summed E-state index contributed by atoms with van der Waals surface area (Å²) in [6, 6.07) is 7.97. The molecule has 0 N–H and O–H groups in total. The van der Waals surface area contributed by atoms with E-state index in [1.165, 1.54) is 16.7 Å². The number of carbonyl (C=O) groups is 1. The zero-order valence-corrected chi connectivity index (χ0v) is 18.5. The van der Waals surface area contributed by atoms with Gasteiger partial charge in [-0.2, -0.15) is 0 Å². The van der Waals surface area contributed by atoms with E-state index in [2.05, 4.69) is 22.8 Å². The van der Waals surface area contributed by atoms with Crippen LogP contribution in [0.5, 0.6) is 0 Å². The molecule has 0 radical (unpaired) electrons. The highest BCUT2D eigenvalue weighted by Crippen LogP contribution is 2.35. The molecule has 2 saturated heterocycles. The summed E-state index contributed by atoms with van der Waals surface area (Å²) >= 11 is 6.51. The number of aromatic nitrogens is 1. The maximum atomic E-state index is 13.3. The Morgan fingerprint density at radius 1 is 1.10 bits per heavy atom. The van der Waals surface area contributed by atoms with E-state index in [4.69, 9.17) is 12.2 Å². The lowest BCUT2D eigenvalue weighted by atomic mass is 10.1. The number of likely N-dealkylation sites (N-methyl/N-ethyl adjacent to an activating group) is 2. The van der Waals surface area contributed by atoms with Crippen LogP contribution in [-0.4, -0.2) is 64.4 Å². The van der Waals surface area contributed by atoms with Gasteiger partial charge in [0.2, 0.25) is 0 Å². The number of hydrogen-bond acceptors (Lipinski definition) is 6. The monoisotopic (exact) mass is 428 g/mol. The number of carbonyl (C=O) groups excluding carboxylic acids is 1. The molecule has 4 rings (SSSR count). The smallest absolute Gasteiger partial charge is 0.265 e. The number of pyridine rings is 1. The standard InChI is InChI=1S/C21H24N4O2S2/c1-4-24-9-11-25(12-10-24)18-14-7-5-6-8-16(14)22(2)19(26)15(18)13-17-20(27)23(3)21(28)29-17/h5-8,13H,4,9-12H2,1-3H3. The Kier molecular flexibility index (Phi) is 5.50. The Labute approximate surface area is 179 Å². The molecule has 0 atom stereocenters. The fourth-order valence-electron chi connectivity index (χ4n) is 3.94. The van der Waals surface area contributed by atoms with E-state index >= 15 is 0 Å². The maximum absolute atomic E-state index is 13.3. The molecule has 0 bridgehead atoms. The van der Waals surface area contributed by atoms with E-state index in [9.17, 15) is 9.59 Å². The molecule has 3 heterocycles. The summed E-state index contributed by atoms with van der Waals surface area (Å²) in [7, 11) is 3.45. The first kappa shape index (κ1) is 20.1. The SMILES string of the molecule is CCN1CCN(c2c(C=C3SC(=S)N(C)C3=O)c(=O)n(C)c3ccccc23)CC1. The van der Waals surface area contributed by atoms with E-state index in [1.54, 1.807) is 24.7 Å². The molecule has 29 heavy (non-hydrogen) atoms. The number of rotatable bonds is 3. The number of nitrogens with zero attached hydrogens (tertiary/aromatic N) is 4. The fraction of sp³-hybridized carbons (Fsp3) is 0.381. The van der Waals surface area contributed by atoms with E-state index in [0.717, 1.165) is 49.3 Å². The third-order valence-corrected chi connectivity index (χ3v) is 7.19. The van der Waals surface area contributed by atoms with Crippen molar-refractivity contribution in [2.45, 2.75) is 6.92 Å². The molecule has 152 valence electrons. The molecule has 2 aliphatic heterocycles. The Hall–Kier alpha value is -2.16. The third-order valence-electron chi connectivity index (χ3n) is 5.71. The summed E-state index contributed by atoms with van der Waals surface area (Å²) in [4.78, 5) is 32.6. The molecular formula is C21H24N4O2S2. The van der Waals surface area contributed by atoms with E-state index < -0.39 is 0 Å². The predicted molar refractivity (Wildman–Crippen MR) is 124 cm³/mol. The first-order valence-electron chi connectivity index (χ1n) is 9.73. The van der Waals surface area contributed by atoms with Gasteiger partial charge in [-0.25, -0.2) is 0 Å². The Morgan fingerprint density at radius 2 is 1.79 bits per heavy atom. The summed E-state index contributed by atoms with van der Waals surface area (Å²) < 4.78 is 2.18. The number of thiocarbonyl (C=S) groups is 1. The minimum Gasteiger partial charge on any atom is -0.368 e. The molecule has 0 aliphatic carbocycles. The van der Waals surface area contributed by atoms with Crippen molar-refractivity contribution in [1.29, 1.82) is 0 Å². The zero-order valence-electron chi connectivity index (χ0n) is 16.8. The Bertz CT molecular complexity index is 1080. The molecule has 8 heteroatoms. The highest BCUT2D eigenvalue weighted by molar-refractivity contribution is 8.26. The minimum absolute atomic E-state index is 0.0991. The highest BCUT2D eigenvalue weighted by atomic mass is 32.2. The van der Waals surface area contributed by atoms with Crippen molar-refractivity contribution in [3.63, 3.8) is 0 Å². The first-order valence-corrected chi connectivity index (χ1v) is 11.0. The van der Waals surface area contributed by atoms with Crippen LogP contribution in [0.3, 0.4) is 0 Å². The van der Waals surface area contributed by atoms with Gasteiger partial charge in [-0.1, -0.05) is 49.1 Å². The van der Waals surface area contributed by atoms with Gasteiger partial charge < -0.3 is 14.4 Å². The molecule has 0 unspecified atom stereocenters. The quantitative estimate of drug-likeness (QED) is 0.553. The normalized spacial score (nSPS) is 19.8. The number of fused-ring (bicyclic) bond motifs is 1. The lowest BCUT2D eigenvalue weighted by molar-refractivity contribution is -0.121. The molecule has 1 aromatic carbocycles. The van der Waals surface area contributed by atoms with Gasteiger partial charge in [0, 0.05) is 45.7 Å². The molecule has 0 saturated carbocycles. The van der Waals surface area contributed by atoms with Crippen molar-refractivity contribution >= 4 is 56.9 Å². The van der Waals surface area contributed by atoms with Crippen molar-refractivity contribution in [3.8, 4) is 0 Å². The molecule has 0 spiro atoms.